The van der Waals surface area contributed by atoms with Crippen LogP contribution in [-0.4, -0.2) is 0 Å². The minimum atomic E-state index is 0.860. The molecule has 13 aromatic rings. The normalized spacial score (nSPS) is 11.6. The van der Waals surface area contributed by atoms with E-state index in [1.807, 2.05) is 0 Å². The summed E-state index contributed by atoms with van der Waals surface area (Å²) < 4.78 is 6.76. The van der Waals surface area contributed by atoms with Crippen LogP contribution in [0.15, 0.2) is 253 Å². The molecule has 0 unspecified atom stereocenters. The Labute approximate surface area is 382 Å². The van der Waals surface area contributed by atoms with Crippen LogP contribution in [-0.2, 0) is 0 Å². The zero-order valence-corrected chi connectivity index (χ0v) is 36.0. The van der Waals surface area contributed by atoms with Gasteiger partial charge in [0, 0.05) is 39.3 Å². The van der Waals surface area contributed by atoms with Crippen LogP contribution in [0.3, 0.4) is 0 Å². The van der Waals surface area contributed by atoms with Crippen LogP contribution >= 0.6 is 0 Å². The highest BCUT2D eigenvalue weighted by molar-refractivity contribution is 6.22. The predicted octanol–water partition coefficient (Wildman–Crippen LogP) is 18.3. The standard InChI is InChI=1S/C64H41NO/c1-3-17-45(18-4-1)62-58-27-12-11-26-55(58)56-36-32-47(40-60(56)63(62)46-19-5-2-6-20-46)42-29-33-49(34-30-42)65(50-23-13-22-48(39-50)53-28-14-21-43-15-7-9-24-52(43)53)51-35-38-57-59-37-31-44-16-8-10-25-54(44)64(59)66-61(57)41-51/h1-41H. The monoisotopic (exact) mass is 839 g/mol. The lowest BCUT2D eigenvalue weighted by Crippen LogP contribution is -2.10. The molecule has 0 aliphatic carbocycles. The zero-order valence-electron chi connectivity index (χ0n) is 36.0. The Morgan fingerprint density at radius 3 is 1.56 bits per heavy atom. The minimum absolute atomic E-state index is 0.860. The second-order valence-electron chi connectivity index (χ2n) is 17.2. The molecule has 0 saturated carbocycles. The molecular formula is C64H41NO. The summed E-state index contributed by atoms with van der Waals surface area (Å²) in [5.74, 6) is 0. The van der Waals surface area contributed by atoms with E-state index in [0.29, 0.717) is 0 Å². The number of nitrogens with zero attached hydrogens (tertiary/aromatic N) is 1. The minimum Gasteiger partial charge on any atom is -0.455 e. The Kier molecular flexibility index (Phi) is 8.89. The molecule has 0 aliphatic heterocycles. The van der Waals surface area contributed by atoms with Crippen molar-refractivity contribution in [2.45, 2.75) is 0 Å². The Balaban J connectivity index is 0.976. The van der Waals surface area contributed by atoms with Crippen LogP contribution in [0.5, 0.6) is 0 Å². The van der Waals surface area contributed by atoms with Gasteiger partial charge in [0.2, 0.25) is 0 Å². The van der Waals surface area contributed by atoms with Gasteiger partial charge >= 0.3 is 0 Å². The molecule has 0 spiro atoms. The van der Waals surface area contributed by atoms with Crippen molar-refractivity contribution in [2.24, 2.45) is 0 Å². The first-order chi connectivity index (χ1) is 32.7. The van der Waals surface area contributed by atoms with E-state index < -0.39 is 0 Å². The van der Waals surface area contributed by atoms with Crippen LogP contribution in [0, 0.1) is 0 Å². The number of hydrogen-bond donors (Lipinski definition) is 0. The van der Waals surface area contributed by atoms with Crippen LogP contribution in [0.4, 0.5) is 17.1 Å². The van der Waals surface area contributed by atoms with Crippen molar-refractivity contribution >= 4 is 82.1 Å². The average Bonchev–Trinajstić information content (AvgIpc) is 3.77. The maximum atomic E-state index is 6.76. The molecule has 12 aromatic carbocycles. The second kappa shape index (κ2) is 15.5. The maximum Gasteiger partial charge on any atom is 0.143 e. The second-order valence-corrected chi connectivity index (χ2v) is 17.2. The molecule has 2 nitrogen and oxygen atoms in total. The van der Waals surface area contributed by atoms with E-state index in [1.165, 1.54) is 71.1 Å². The Morgan fingerprint density at radius 2 is 0.788 bits per heavy atom. The van der Waals surface area contributed by atoms with E-state index in [1.54, 1.807) is 0 Å². The van der Waals surface area contributed by atoms with E-state index in [-0.39, 0.29) is 0 Å². The quantitative estimate of drug-likeness (QED) is 0.149. The van der Waals surface area contributed by atoms with E-state index in [2.05, 4.69) is 254 Å². The summed E-state index contributed by atoms with van der Waals surface area (Å²) >= 11 is 0. The van der Waals surface area contributed by atoms with Crippen LogP contribution in [0.2, 0.25) is 0 Å². The summed E-state index contributed by atoms with van der Waals surface area (Å²) in [5, 5.41) is 12.0. The third-order valence-corrected chi connectivity index (χ3v) is 13.4. The molecule has 1 aromatic heterocycles. The largest absolute Gasteiger partial charge is 0.455 e. The van der Waals surface area contributed by atoms with Crippen LogP contribution < -0.4 is 4.90 Å². The van der Waals surface area contributed by atoms with Gasteiger partial charge in [0.1, 0.15) is 11.2 Å². The van der Waals surface area contributed by atoms with E-state index in [9.17, 15) is 0 Å². The summed E-state index contributed by atoms with van der Waals surface area (Å²) in [7, 11) is 0. The molecule has 0 fully saturated rings. The fourth-order valence-corrected chi connectivity index (χ4v) is 10.4. The first kappa shape index (κ1) is 37.8. The van der Waals surface area contributed by atoms with E-state index in [0.717, 1.165) is 55.5 Å². The first-order valence-corrected chi connectivity index (χ1v) is 22.7. The van der Waals surface area contributed by atoms with Crippen molar-refractivity contribution in [2.75, 3.05) is 4.90 Å². The van der Waals surface area contributed by atoms with Gasteiger partial charge in [-0.15, -0.1) is 0 Å². The van der Waals surface area contributed by atoms with Gasteiger partial charge in [-0.2, -0.15) is 0 Å². The Hall–Kier alpha value is -8.72. The van der Waals surface area contributed by atoms with Crippen molar-refractivity contribution < 1.29 is 4.42 Å². The molecule has 0 radical (unpaired) electrons. The molecule has 13 rings (SSSR count). The van der Waals surface area contributed by atoms with Crippen LogP contribution in [0.1, 0.15) is 0 Å². The first-order valence-electron chi connectivity index (χ1n) is 22.7. The predicted molar refractivity (Wildman–Crippen MR) is 280 cm³/mol. The number of rotatable bonds is 7. The lowest BCUT2D eigenvalue weighted by atomic mass is 9.84. The lowest BCUT2D eigenvalue weighted by Gasteiger charge is -2.26. The van der Waals surface area contributed by atoms with Crippen molar-refractivity contribution in [1.29, 1.82) is 0 Å². The van der Waals surface area contributed by atoms with Gasteiger partial charge in [-0.25, -0.2) is 0 Å². The van der Waals surface area contributed by atoms with Crippen LogP contribution in [0.25, 0.3) is 110 Å². The molecule has 0 bridgehead atoms. The summed E-state index contributed by atoms with van der Waals surface area (Å²) in [5.41, 5.74) is 14.5. The molecule has 1 heterocycles. The number of anilines is 3. The lowest BCUT2D eigenvalue weighted by molar-refractivity contribution is 0.672. The van der Waals surface area contributed by atoms with Gasteiger partial charge in [-0.1, -0.05) is 194 Å². The average molecular weight is 840 g/mol. The third kappa shape index (κ3) is 6.26. The Morgan fingerprint density at radius 1 is 0.258 bits per heavy atom. The highest BCUT2D eigenvalue weighted by Crippen LogP contribution is 2.47. The van der Waals surface area contributed by atoms with E-state index in [4.69, 9.17) is 4.42 Å². The topological polar surface area (TPSA) is 16.4 Å². The summed E-state index contributed by atoms with van der Waals surface area (Å²) in [6.45, 7) is 0. The van der Waals surface area contributed by atoms with Gasteiger partial charge in [-0.3, -0.25) is 0 Å². The van der Waals surface area contributed by atoms with Crippen molar-refractivity contribution in [1.82, 2.24) is 0 Å². The molecule has 0 N–H and O–H groups in total. The SMILES string of the molecule is c1ccc(-c2c(-c3ccccc3)c3cc(-c4ccc(N(c5cccc(-c6cccc7ccccc67)c5)c5ccc6c(c5)oc5c7ccccc7ccc65)cc4)ccc3c3ccccc23)cc1. The fraction of sp³-hybridized carbons (Fsp3) is 0. The molecule has 0 saturated heterocycles. The highest BCUT2D eigenvalue weighted by atomic mass is 16.3. The maximum absolute atomic E-state index is 6.76. The van der Waals surface area contributed by atoms with Crippen molar-refractivity contribution in [3.63, 3.8) is 0 Å². The highest BCUT2D eigenvalue weighted by Gasteiger charge is 2.20. The van der Waals surface area contributed by atoms with Crippen molar-refractivity contribution in [3.8, 4) is 44.5 Å². The summed E-state index contributed by atoms with van der Waals surface area (Å²) in [4.78, 5) is 2.36. The smallest absolute Gasteiger partial charge is 0.143 e. The fourth-order valence-electron chi connectivity index (χ4n) is 10.4. The van der Waals surface area contributed by atoms with Gasteiger partial charge < -0.3 is 9.32 Å². The number of hydrogen-bond acceptors (Lipinski definition) is 2. The summed E-state index contributed by atoms with van der Waals surface area (Å²) in [6.07, 6.45) is 0. The van der Waals surface area contributed by atoms with Gasteiger partial charge in [0.25, 0.3) is 0 Å². The Bertz CT molecular complexity index is 3970. The summed E-state index contributed by atoms with van der Waals surface area (Å²) in [6, 6.07) is 90.2. The molecule has 2 heteroatoms. The van der Waals surface area contributed by atoms with Gasteiger partial charge in [0.15, 0.2) is 0 Å². The van der Waals surface area contributed by atoms with E-state index >= 15 is 0 Å². The van der Waals surface area contributed by atoms with Crippen molar-refractivity contribution in [3.05, 3.63) is 249 Å². The molecule has 0 aliphatic rings. The number of benzene rings is 12. The van der Waals surface area contributed by atoms with Gasteiger partial charge in [0.05, 0.1) is 0 Å². The molecule has 66 heavy (non-hydrogen) atoms. The molecule has 0 atom stereocenters. The molecule has 308 valence electrons. The molecule has 0 amide bonds. The van der Waals surface area contributed by atoms with Gasteiger partial charge in [-0.05, 0) is 131 Å². The molecular weight excluding hydrogens is 799 g/mol. The number of furan rings is 1. The number of fused-ring (bicyclic) bond motifs is 9. The zero-order chi connectivity index (χ0) is 43.6. The third-order valence-electron chi connectivity index (χ3n) is 13.4.